The van der Waals surface area contributed by atoms with Gasteiger partial charge in [-0.15, -0.1) is 0 Å². The second-order valence-electron chi connectivity index (χ2n) is 4.29. The third-order valence-corrected chi connectivity index (χ3v) is 3.74. The van der Waals surface area contributed by atoms with Gasteiger partial charge in [-0.25, -0.2) is 0 Å². The fourth-order valence-corrected chi connectivity index (χ4v) is 2.69. The van der Waals surface area contributed by atoms with E-state index in [9.17, 15) is 4.79 Å². The van der Waals surface area contributed by atoms with Gasteiger partial charge < -0.3 is 0 Å². The number of rotatable bonds is 0. The van der Waals surface area contributed by atoms with E-state index in [1.165, 1.54) is 18.4 Å². The van der Waals surface area contributed by atoms with Crippen molar-refractivity contribution in [3.63, 3.8) is 0 Å². The zero-order valence-corrected chi connectivity index (χ0v) is 7.71. The average Bonchev–Trinajstić information content (AvgIpc) is 2.93. The molecule has 2 aliphatic rings. The topological polar surface area (TPSA) is 17.1 Å². The molecule has 0 heterocycles. The van der Waals surface area contributed by atoms with E-state index in [0.29, 0.717) is 5.78 Å². The monoisotopic (exact) mass is 172 g/mol. The van der Waals surface area contributed by atoms with Crippen molar-refractivity contribution >= 4 is 5.78 Å². The van der Waals surface area contributed by atoms with Gasteiger partial charge in [0.25, 0.3) is 0 Å². The number of Topliss-reactive ketones (excluding diaryl/α,β-unsaturated/α-hetero) is 1. The summed E-state index contributed by atoms with van der Waals surface area (Å²) in [5.74, 6) is 0.581. The van der Waals surface area contributed by atoms with Crippen LogP contribution in [0, 0.1) is 5.92 Å². The van der Waals surface area contributed by atoms with E-state index in [1.807, 2.05) is 18.2 Å². The van der Waals surface area contributed by atoms with E-state index in [4.69, 9.17) is 0 Å². The Morgan fingerprint density at radius 1 is 1.31 bits per heavy atom. The van der Waals surface area contributed by atoms with Crippen LogP contribution in [-0.4, -0.2) is 5.78 Å². The quantitative estimate of drug-likeness (QED) is 0.587. The zero-order valence-electron chi connectivity index (χ0n) is 7.71. The van der Waals surface area contributed by atoms with Crippen molar-refractivity contribution in [3.05, 3.63) is 35.4 Å². The summed E-state index contributed by atoms with van der Waals surface area (Å²) in [7, 11) is 0. The molecular formula is C12H12O. The van der Waals surface area contributed by atoms with Crippen molar-refractivity contribution in [2.75, 3.05) is 0 Å². The van der Waals surface area contributed by atoms with E-state index in [2.05, 4.69) is 13.0 Å². The van der Waals surface area contributed by atoms with Gasteiger partial charge in [0.1, 0.15) is 0 Å². The van der Waals surface area contributed by atoms with E-state index in [0.717, 1.165) is 5.56 Å². The van der Waals surface area contributed by atoms with Crippen molar-refractivity contribution in [2.24, 2.45) is 5.92 Å². The molecule has 13 heavy (non-hydrogen) atoms. The lowest BCUT2D eigenvalue weighted by molar-refractivity contribution is 0.0929. The molecule has 66 valence electrons. The molecule has 0 aliphatic heterocycles. The molecule has 1 fully saturated rings. The summed E-state index contributed by atoms with van der Waals surface area (Å²) in [5, 5.41) is 0. The van der Waals surface area contributed by atoms with E-state index in [-0.39, 0.29) is 11.3 Å². The Labute approximate surface area is 77.8 Å². The smallest absolute Gasteiger partial charge is 0.166 e. The van der Waals surface area contributed by atoms with Crippen molar-refractivity contribution < 1.29 is 4.79 Å². The normalized spacial score (nSPS) is 27.8. The number of benzene rings is 1. The van der Waals surface area contributed by atoms with Gasteiger partial charge in [-0.2, -0.15) is 0 Å². The van der Waals surface area contributed by atoms with Gasteiger partial charge in [0, 0.05) is 16.9 Å². The second kappa shape index (κ2) is 2.03. The summed E-state index contributed by atoms with van der Waals surface area (Å²) in [6, 6.07) is 8.11. The molecule has 3 rings (SSSR count). The first kappa shape index (κ1) is 7.31. The molecule has 1 aromatic carbocycles. The Morgan fingerprint density at radius 3 is 2.69 bits per heavy atom. The molecule has 1 spiro atoms. The van der Waals surface area contributed by atoms with Gasteiger partial charge in [0.2, 0.25) is 0 Å². The highest BCUT2D eigenvalue weighted by Crippen LogP contribution is 2.59. The Balaban J connectivity index is 2.28. The van der Waals surface area contributed by atoms with Crippen molar-refractivity contribution in [1.82, 2.24) is 0 Å². The molecule has 2 aliphatic carbocycles. The fraction of sp³-hybridized carbons (Fsp3) is 0.417. The molecule has 1 unspecified atom stereocenters. The minimum absolute atomic E-state index is 0.227. The third kappa shape index (κ3) is 0.707. The minimum Gasteiger partial charge on any atom is -0.294 e. The first-order chi connectivity index (χ1) is 6.26. The fourth-order valence-electron chi connectivity index (χ4n) is 2.69. The largest absolute Gasteiger partial charge is 0.294 e. The summed E-state index contributed by atoms with van der Waals surface area (Å²) in [6.45, 7) is 2.08. The highest BCUT2D eigenvalue weighted by Gasteiger charge is 2.57. The number of hydrogen-bond acceptors (Lipinski definition) is 1. The number of carbonyl (C=O) groups is 1. The Bertz CT molecular complexity index is 388. The number of carbonyl (C=O) groups excluding carboxylic acids is 1. The third-order valence-electron chi connectivity index (χ3n) is 3.74. The summed E-state index contributed by atoms with van der Waals surface area (Å²) >= 11 is 0. The molecule has 1 saturated carbocycles. The molecule has 0 bridgehead atoms. The Kier molecular flexibility index (Phi) is 1.14. The van der Waals surface area contributed by atoms with Crippen LogP contribution < -0.4 is 0 Å². The number of fused-ring (bicyclic) bond motifs is 2. The maximum absolute atomic E-state index is 11.9. The lowest BCUT2D eigenvalue weighted by atomic mass is 9.90. The molecule has 0 N–H and O–H groups in total. The van der Waals surface area contributed by atoms with Gasteiger partial charge in [0.15, 0.2) is 5.78 Å². The van der Waals surface area contributed by atoms with Crippen LogP contribution in [0.5, 0.6) is 0 Å². The molecule has 0 radical (unpaired) electrons. The van der Waals surface area contributed by atoms with Crippen LogP contribution in [0.3, 0.4) is 0 Å². The van der Waals surface area contributed by atoms with Crippen LogP contribution in [0.2, 0.25) is 0 Å². The van der Waals surface area contributed by atoms with Gasteiger partial charge in [0.05, 0.1) is 0 Å². The Morgan fingerprint density at radius 2 is 2.00 bits per heavy atom. The molecule has 1 atom stereocenters. The molecule has 0 amide bonds. The zero-order chi connectivity index (χ0) is 9.05. The lowest BCUT2D eigenvalue weighted by Crippen LogP contribution is -2.15. The van der Waals surface area contributed by atoms with Crippen LogP contribution >= 0.6 is 0 Å². The van der Waals surface area contributed by atoms with Gasteiger partial charge in [-0.1, -0.05) is 31.2 Å². The highest BCUT2D eigenvalue weighted by molar-refractivity contribution is 6.04. The second-order valence-corrected chi connectivity index (χ2v) is 4.29. The summed E-state index contributed by atoms with van der Waals surface area (Å²) in [4.78, 5) is 11.9. The van der Waals surface area contributed by atoms with Gasteiger partial charge in [-0.05, 0) is 18.4 Å². The van der Waals surface area contributed by atoms with Crippen molar-refractivity contribution in [2.45, 2.75) is 25.2 Å². The van der Waals surface area contributed by atoms with Crippen LogP contribution in [0.4, 0.5) is 0 Å². The predicted octanol–water partition coefficient (Wildman–Crippen LogP) is 2.55. The van der Waals surface area contributed by atoms with Crippen LogP contribution in [0.1, 0.15) is 35.7 Å². The van der Waals surface area contributed by atoms with Crippen molar-refractivity contribution in [3.8, 4) is 0 Å². The highest BCUT2D eigenvalue weighted by atomic mass is 16.1. The first-order valence-electron chi connectivity index (χ1n) is 4.89. The lowest BCUT2D eigenvalue weighted by Gasteiger charge is -2.11. The Hall–Kier alpha value is -1.11. The molecule has 1 aromatic rings. The molecular weight excluding hydrogens is 160 g/mol. The molecule has 1 nitrogen and oxygen atoms in total. The van der Waals surface area contributed by atoms with Gasteiger partial charge >= 0.3 is 0 Å². The average molecular weight is 172 g/mol. The van der Waals surface area contributed by atoms with E-state index in [1.54, 1.807) is 0 Å². The summed E-state index contributed by atoms with van der Waals surface area (Å²) < 4.78 is 0. The first-order valence-corrected chi connectivity index (χ1v) is 4.89. The molecule has 0 saturated heterocycles. The predicted molar refractivity (Wildman–Crippen MR) is 50.8 cm³/mol. The maximum atomic E-state index is 11.9. The van der Waals surface area contributed by atoms with Gasteiger partial charge in [-0.3, -0.25) is 4.79 Å². The van der Waals surface area contributed by atoms with Crippen LogP contribution in [0.15, 0.2) is 24.3 Å². The molecule has 1 heteroatoms. The standard InChI is InChI=1S/C12H12O/c1-8-11(13)9-4-2-3-5-10(9)12(8)6-7-12/h2-5,8H,6-7H2,1H3. The maximum Gasteiger partial charge on any atom is 0.166 e. The number of ketones is 1. The van der Waals surface area contributed by atoms with Crippen molar-refractivity contribution in [1.29, 1.82) is 0 Å². The summed E-state index contributed by atoms with van der Waals surface area (Å²) in [6.07, 6.45) is 2.41. The van der Waals surface area contributed by atoms with Crippen LogP contribution in [0.25, 0.3) is 0 Å². The minimum atomic E-state index is 0.227. The summed E-state index contributed by atoms with van der Waals surface area (Å²) in [5.41, 5.74) is 2.55. The van der Waals surface area contributed by atoms with E-state index < -0.39 is 0 Å². The SMILES string of the molecule is CC1C(=O)c2ccccc2C12CC2. The van der Waals surface area contributed by atoms with Crippen LogP contribution in [-0.2, 0) is 5.41 Å². The van der Waals surface area contributed by atoms with E-state index >= 15 is 0 Å². The number of hydrogen-bond donors (Lipinski definition) is 0. The molecule has 0 aromatic heterocycles.